The van der Waals surface area contributed by atoms with E-state index in [0.29, 0.717) is 0 Å². The SMILES string of the molecule is C1=CC2Oc3ccccc3C2C=C1c1ccc2sc3cccc(-n4c5ccccc5c5ccccc54)c3c2c1. The third kappa shape index (κ3) is 3.02. The van der Waals surface area contributed by atoms with Gasteiger partial charge in [0, 0.05) is 42.4 Å². The Morgan fingerprint density at radius 3 is 2.28 bits per heavy atom. The van der Waals surface area contributed by atoms with Crippen molar-refractivity contribution in [2.24, 2.45) is 0 Å². The molecule has 39 heavy (non-hydrogen) atoms. The second kappa shape index (κ2) is 7.95. The minimum absolute atomic E-state index is 0.0822. The van der Waals surface area contributed by atoms with Crippen molar-refractivity contribution >= 4 is 58.9 Å². The molecule has 0 spiro atoms. The van der Waals surface area contributed by atoms with Gasteiger partial charge in [-0.2, -0.15) is 0 Å². The fourth-order valence-corrected chi connectivity index (χ4v) is 7.71. The monoisotopic (exact) mass is 517 g/mol. The first-order chi connectivity index (χ1) is 19.3. The minimum atomic E-state index is 0.0822. The fraction of sp³-hybridized carbons (Fsp3) is 0.0556. The maximum Gasteiger partial charge on any atom is 0.128 e. The van der Waals surface area contributed by atoms with Gasteiger partial charge < -0.3 is 9.30 Å². The molecule has 0 bridgehead atoms. The maximum atomic E-state index is 6.21. The van der Waals surface area contributed by atoms with Gasteiger partial charge in [0.15, 0.2) is 0 Å². The summed E-state index contributed by atoms with van der Waals surface area (Å²) in [6.07, 6.45) is 6.93. The standard InChI is InChI=1S/C36H23NOS/c1-4-11-29-24(8-1)25-9-2-5-12-30(25)37(29)31-13-7-15-35-36(31)28-21-23(17-19-34(28)39-35)22-16-18-33-27(20-22)26-10-3-6-14-32(26)38-33/h1-21,27,33H. The Morgan fingerprint density at radius 2 is 1.44 bits per heavy atom. The molecular formula is C36H23NOS. The summed E-state index contributed by atoms with van der Waals surface area (Å²) in [4.78, 5) is 0. The van der Waals surface area contributed by atoms with Gasteiger partial charge in [-0.3, -0.25) is 0 Å². The molecule has 2 unspecified atom stereocenters. The van der Waals surface area contributed by atoms with Crippen molar-refractivity contribution in [3.05, 3.63) is 139 Å². The quantitative estimate of drug-likeness (QED) is 0.223. The minimum Gasteiger partial charge on any atom is -0.485 e. The van der Waals surface area contributed by atoms with E-state index in [0.717, 1.165) is 5.75 Å². The summed E-state index contributed by atoms with van der Waals surface area (Å²) in [6.45, 7) is 0. The highest BCUT2D eigenvalue weighted by Crippen LogP contribution is 2.45. The molecule has 0 saturated carbocycles. The van der Waals surface area contributed by atoms with Crippen molar-refractivity contribution in [2.75, 3.05) is 0 Å². The van der Waals surface area contributed by atoms with Crippen molar-refractivity contribution in [3.8, 4) is 11.4 Å². The van der Waals surface area contributed by atoms with Gasteiger partial charge in [-0.25, -0.2) is 0 Å². The Bertz CT molecular complexity index is 2120. The first-order valence-corrected chi connectivity index (χ1v) is 14.2. The molecule has 3 heteroatoms. The van der Waals surface area contributed by atoms with Crippen LogP contribution in [0.3, 0.4) is 0 Å². The molecule has 7 aromatic rings. The van der Waals surface area contributed by atoms with E-state index in [2.05, 4.69) is 132 Å². The normalized spacial score (nSPS) is 18.0. The number of thiophene rings is 1. The van der Waals surface area contributed by atoms with Crippen molar-refractivity contribution in [1.82, 2.24) is 4.57 Å². The number of fused-ring (bicyclic) bond motifs is 9. The molecule has 3 heterocycles. The van der Waals surface area contributed by atoms with E-state index < -0.39 is 0 Å². The molecule has 2 aromatic heterocycles. The highest BCUT2D eigenvalue weighted by Gasteiger charge is 2.33. The predicted molar refractivity (Wildman–Crippen MR) is 164 cm³/mol. The predicted octanol–water partition coefficient (Wildman–Crippen LogP) is 9.65. The Kier molecular flexibility index (Phi) is 4.35. The lowest BCUT2D eigenvalue weighted by Gasteiger charge is -2.19. The third-order valence-corrected chi connectivity index (χ3v) is 9.48. The highest BCUT2D eigenvalue weighted by atomic mass is 32.1. The smallest absolute Gasteiger partial charge is 0.128 e. The molecule has 1 aliphatic carbocycles. The number of benzene rings is 5. The summed E-state index contributed by atoms with van der Waals surface area (Å²) in [6, 6.07) is 39.6. The van der Waals surface area contributed by atoms with Crippen molar-refractivity contribution in [3.63, 3.8) is 0 Å². The lowest BCUT2D eigenvalue weighted by atomic mass is 9.87. The lowest BCUT2D eigenvalue weighted by Crippen LogP contribution is -2.16. The zero-order chi connectivity index (χ0) is 25.5. The van der Waals surface area contributed by atoms with Crippen molar-refractivity contribution < 1.29 is 4.74 Å². The summed E-state index contributed by atoms with van der Waals surface area (Å²) in [5.74, 6) is 1.26. The first kappa shape index (κ1) is 21.3. The van der Waals surface area contributed by atoms with Crippen LogP contribution in [0, 0.1) is 0 Å². The van der Waals surface area contributed by atoms with E-state index in [1.807, 2.05) is 11.3 Å². The fourth-order valence-electron chi connectivity index (χ4n) is 6.60. The second-order valence-corrected chi connectivity index (χ2v) is 11.5. The van der Waals surface area contributed by atoms with Crippen LogP contribution in [0.5, 0.6) is 5.75 Å². The van der Waals surface area contributed by atoms with Crippen LogP contribution in [0.1, 0.15) is 17.0 Å². The average molecular weight is 518 g/mol. The number of hydrogen-bond donors (Lipinski definition) is 0. The molecule has 0 saturated heterocycles. The van der Waals surface area contributed by atoms with Gasteiger partial charge in [-0.1, -0.05) is 78.9 Å². The van der Waals surface area contributed by atoms with E-state index >= 15 is 0 Å². The molecule has 1 aliphatic heterocycles. The zero-order valence-electron chi connectivity index (χ0n) is 21.0. The van der Waals surface area contributed by atoms with Gasteiger partial charge >= 0.3 is 0 Å². The lowest BCUT2D eigenvalue weighted by molar-refractivity contribution is 0.269. The maximum absolute atomic E-state index is 6.21. The number of ether oxygens (including phenoxy) is 1. The van der Waals surface area contributed by atoms with Crippen molar-refractivity contribution in [2.45, 2.75) is 12.0 Å². The number of hydrogen-bond acceptors (Lipinski definition) is 2. The van der Waals surface area contributed by atoms with E-state index in [1.54, 1.807) is 0 Å². The van der Waals surface area contributed by atoms with Crippen molar-refractivity contribution in [1.29, 1.82) is 0 Å². The van der Waals surface area contributed by atoms with Crippen LogP contribution in [-0.2, 0) is 0 Å². The van der Waals surface area contributed by atoms with Crippen LogP contribution in [-0.4, -0.2) is 10.7 Å². The molecule has 9 rings (SSSR count). The summed E-state index contributed by atoms with van der Waals surface area (Å²) < 4.78 is 11.3. The Morgan fingerprint density at radius 1 is 0.667 bits per heavy atom. The largest absolute Gasteiger partial charge is 0.485 e. The molecule has 184 valence electrons. The molecule has 5 aromatic carbocycles. The molecule has 0 N–H and O–H groups in total. The van der Waals surface area contributed by atoms with Gasteiger partial charge in [0.1, 0.15) is 11.9 Å². The van der Waals surface area contributed by atoms with Crippen LogP contribution in [0.2, 0.25) is 0 Å². The number of rotatable bonds is 2. The number of nitrogens with zero attached hydrogens (tertiary/aromatic N) is 1. The molecule has 0 fully saturated rings. The molecular weight excluding hydrogens is 494 g/mol. The number of para-hydroxylation sites is 3. The van der Waals surface area contributed by atoms with Gasteiger partial charge in [0.05, 0.1) is 16.7 Å². The molecule has 0 radical (unpaired) electrons. The van der Waals surface area contributed by atoms with Gasteiger partial charge in [-0.15, -0.1) is 11.3 Å². The van der Waals surface area contributed by atoms with Crippen LogP contribution in [0.15, 0.2) is 127 Å². The van der Waals surface area contributed by atoms with E-state index in [9.17, 15) is 0 Å². The number of allylic oxidation sites excluding steroid dienone is 2. The first-order valence-electron chi connectivity index (χ1n) is 13.4. The Hall–Kier alpha value is -4.60. The summed E-state index contributed by atoms with van der Waals surface area (Å²) in [7, 11) is 0. The summed E-state index contributed by atoms with van der Waals surface area (Å²) in [5, 5.41) is 5.20. The number of aromatic nitrogens is 1. The second-order valence-electron chi connectivity index (χ2n) is 10.5. The Balaban J connectivity index is 1.27. The summed E-state index contributed by atoms with van der Waals surface area (Å²) >= 11 is 1.87. The molecule has 2 aliphatic rings. The van der Waals surface area contributed by atoms with E-state index in [4.69, 9.17) is 4.74 Å². The van der Waals surface area contributed by atoms with Gasteiger partial charge in [0.2, 0.25) is 0 Å². The topological polar surface area (TPSA) is 14.2 Å². The van der Waals surface area contributed by atoms with E-state index in [-0.39, 0.29) is 12.0 Å². The molecule has 2 nitrogen and oxygen atoms in total. The van der Waals surface area contributed by atoms with Gasteiger partial charge in [-0.05, 0) is 59.7 Å². The summed E-state index contributed by atoms with van der Waals surface area (Å²) in [5.41, 5.74) is 7.50. The highest BCUT2D eigenvalue weighted by molar-refractivity contribution is 7.25. The van der Waals surface area contributed by atoms with Crippen LogP contribution in [0.4, 0.5) is 0 Å². The van der Waals surface area contributed by atoms with Crippen LogP contribution in [0.25, 0.3) is 53.2 Å². The van der Waals surface area contributed by atoms with Crippen LogP contribution < -0.4 is 4.74 Å². The molecule has 0 amide bonds. The third-order valence-electron chi connectivity index (χ3n) is 8.35. The van der Waals surface area contributed by atoms with Gasteiger partial charge in [0.25, 0.3) is 0 Å². The molecule has 2 atom stereocenters. The zero-order valence-corrected chi connectivity index (χ0v) is 21.9. The Labute approximate surface area is 229 Å². The van der Waals surface area contributed by atoms with Crippen LogP contribution >= 0.6 is 11.3 Å². The van der Waals surface area contributed by atoms with E-state index in [1.165, 1.54) is 64.4 Å². The average Bonchev–Trinajstić information content (AvgIpc) is 3.66.